The van der Waals surface area contributed by atoms with E-state index in [-0.39, 0.29) is 5.69 Å². The molecule has 2 rings (SSSR count). The summed E-state index contributed by atoms with van der Waals surface area (Å²) in [6, 6.07) is 5.62. The van der Waals surface area contributed by atoms with Crippen molar-refractivity contribution in [3.05, 3.63) is 41.5 Å². The number of carbonyl (C=O) groups excluding carboxylic acids is 1. The molecule has 0 saturated heterocycles. The summed E-state index contributed by atoms with van der Waals surface area (Å²) in [6.07, 6.45) is 0.659. The first kappa shape index (κ1) is 12.1. The van der Waals surface area contributed by atoms with Crippen LogP contribution in [0.2, 0.25) is 0 Å². The maximum Gasteiger partial charge on any atom is 0.278 e. The molecule has 0 radical (unpaired) electrons. The molecule has 1 aromatic carbocycles. The number of rotatable bonds is 3. The lowest BCUT2D eigenvalue weighted by molar-refractivity contribution is 0.102. The number of amides is 1. The Kier molecular flexibility index (Phi) is 3.27. The third-order valence-corrected chi connectivity index (χ3v) is 2.53. The Morgan fingerprint density at radius 3 is 2.94 bits per heavy atom. The monoisotopic (exact) mass is 248 g/mol. The number of nitrogens with two attached hydrogens (primary N) is 1. The number of benzene rings is 1. The minimum atomic E-state index is -0.464. The third-order valence-electron chi connectivity index (χ3n) is 2.53. The number of nitrogens with zero attached hydrogens (tertiary/aromatic N) is 1. The fourth-order valence-corrected chi connectivity index (χ4v) is 1.59. The summed E-state index contributed by atoms with van der Waals surface area (Å²) in [5.74, 6) is -0.883. The Labute approximate surface area is 103 Å². The van der Waals surface area contributed by atoms with Crippen LogP contribution in [0.15, 0.2) is 24.3 Å². The molecule has 0 fully saturated rings. The van der Waals surface area contributed by atoms with Crippen molar-refractivity contribution in [1.82, 2.24) is 10.2 Å². The van der Waals surface area contributed by atoms with Gasteiger partial charge in [-0.05, 0) is 24.6 Å². The van der Waals surface area contributed by atoms with Gasteiger partial charge in [-0.1, -0.05) is 13.0 Å². The topological polar surface area (TPSA) is 83.8 Å². The predicted molar refractivity (Wildman–Crippen MR) is 66.7 cm³/mol. The van der Waals surface area contributed by atoms with Gasteiger partial charge in [-0.2, -0.15) is 5.10 Å². The van der Waals surface area contributed by atoms with E-state index in [4.69, 9.17) is 5.73 Å². The van der Waals surface area contributed by atoms with Gasteiger partial charge >= 0.3 is 0 Å². The molecule has 5 nitrogen and oxygen atoms in total. The molecule has 1 amide bonds. The zero-order chi connectivity index (χ0) is 13.1. The largest absolute Gasteiger partial charge is 0.395 e. The number of aryl methyl sites for hydroxylation is 1. The van der Waals surface area contributed by atoms with Crippen molar-refractivity contribution in [2.75, 3.05) is 11.1 Å². The second-order valence-electron chi connectivity index (χ2n) is 3.78. The average Bonchev–Trinajstić information content (AvgIpc) is 2.70. The number of hydrogen-bond donors (Lipinski definition) is 3. The molecule has 94 valence electrons. The van der Waals surface area contributed by atoms with E-state index in [1.807, 2.05) is 6.92 Å². The molecule has 0 aliphatic carbocycles. The summed E-state index contributed by atoms with van der Waals surface area (Å²) < 4.78 is 13.0. The van der Waals surface area contributed by atoms with Crippen molar-refractivity contribution in [2.45, 2.75) is 13.3 Å². The Hall–Kier alpha value is -2.37. The van der Waals surface area contributed by atoms with Gasteiger partial charge in [-0.25, -0.2) is 4.39 Å². The van der Waals surface area contributed by atoms with Crippen LogP contribution in [0.3, 0.4) is 0 Å². The van der Waals surface area contributed by atoms with E-state index < -0.39 is 11.7 Å². The van der Waals surface area contributed by atoms with Gasteiger partial charge in [0.05, 0.1) is 11.4 Å². The van der Waals surface area contributed by atoms with Crippen molar-refractivity contribution in [1.29, 1.82) is 0 Å². The van der Waals surface area contributed by atoms with Crippen molar-refractivity contribution in [3.63, 3.8) is 0 Å². The van der Waals surface area contributed by atoms with Crippen molar-refractivity contribution < 1.29 is 9.18 Å². The van der Waals surface area contributed by atoms with Crippen LogP contribution < -0.4 is 11.1 Å². The smallest absolute Gasteiger partial charge is 0.278 e. The summed E-state index contributed by atoms with van der Waals surface area (Å²) in [4.78, 5) is 11.9. The lowest BCUT2D eigenvalue weighted by Crippen LogP contribution is -2.14. The number of aromatic nitrogens is 2. The van der Waals surface area contributed by atoms with Gasteiger partial charge in [0.15, 0.2) is 5.69 Å². The summed E-state index contributed by atoms with van der Waals surface area (Å²) >= 11 is 0. The summed E-state index contributed by atoms with van der Waals surface area (Å²) in [5, 5.41) is 9.08. The van der Waals surface area contributed by atoms with Crippen LogP contribution in [-0.4, -0.2) is 16.1 Å². The molecule has 18 heavy (non-hydrogen) atoms. The van der Waals surface area contributed by atoms with Crippen LogP contribution >= 0.6 is 0 Å². The minimum Gasteiger partial charge on any atom is -0.395 e. The van der Waals surface area contributed by atoms with Crippen LogP contribution in [0.4, 0.5) is 15.8 Å². The summed E-state index contributed by atoms with van der Waals surface area (Å²) in [6.45, 7) is 1.90. The SMILES string of the molecule is CCc1[nH]nc(C(=O)Nc2cccc(F)c2)c1N. The number of anilines is 2. The van der Waals surface area contributed by atoms with E-state index in [0.717, 1.165) is 0 Å². The maximum atomic E-state index is 13.0. The zero-order valence-electron chi connectivity index (χ0n) is 9.83. The van der Waals surface area contributed by atoms with Crippen LogP contribution in [0.5, 0.6) is 0 Å². The number of hydrogen-bond acceptors (Lipinski definition) is 3. The first-order valence-electron chi connectivity index (χ1n) is 5.51. The molecular formula is C12H13FN4O. The number of nitrogen functional groups attached to an aromatic ring is 1. The fourth-order valence-electron chi connectivity index (χ4n) is 1.59. The van der Waals surface area contributed by atoms with Gasteiger partial charge in [0.25, 0.3) is 5.91 Å². The molecule has 0 unspecified atom stereocenters. The van der Waals surface area contributed by atoms with Crippen LogP contribution in [0.1, 0.15) is 23.1 Å². The molecule has 2 aromatic rings. The molecule has 0 atom stereocenters. The quantitative estimate of drug-likeness (QED) is 0.776. The summed E-state index contributed by atoms with van der Waals surface area (Å²) in [7, 11) is 0. The second kappa shape index (κ2) is 4.87. The van der Waals surface area contributed by atoms with Gasteiger partial charge in [0, 0.05) is 5.69 Å². The van der Waals surface area contributed by atoms with E-state index in [0.29, 0.717) is 23.5 Å². The van der Waals surface area contributed by atoms with Crippen LogP contribution in [0.25, 0.3) is 0 Å². The Balaban J connectivity index is 2.19. The van der Waals surface area contributed by atoms with E-state index >= 15 is 0 Å². The third kappa shape index (κ3) is 2.32. The molecule has 6 heteroatoms. The highest BCUT2D eigenvalue weighted by Crippen LogP contribution is 2.16. The standard InChI is InChI=1S/C12H13FN4O/c1-2-9-10(14)11(17-16-9)12(18)15-8-5-3-4-7(13)6-8/h3-6H,2,14H2,1H3,(H,15,18)(H,16,17). The average molecular weight is 248 g/mol. The molecule has 0 bridgehead atoms. The number of carbonyl (C=O) groups is 1. The van der Waals surface area contributed by atoms with E-state index in [1.165, 1.54) is 18.2 Å². The van der Waals surface area contributed by atoms with Gasteiger partial charge in [-0.3, -0.25) is 9.89 Å². The fraction of sp³-hybridized carbons (Fsp3) is 0.167. The maximum absolute atomic E-state index is 13.0. The van der Waals surface area contributed by atoms with Gasteiger partial charge in [-0.15, -0.1) is 0 Å². The van der Waals surface area contributed by atoms with Gasteiger partial charge in [0.2, 0.25) is 0 Å². The van der Waals surface area contributed by atoms with Crippen molar-refractivity contribution in [2.24, 2.45) is 0 Å². The lowest BCUT2D eigenvalue weighted by atomic mass is 10.2. The van der Waals surface area contributed by atoms with Crippen LogP contribution in [0, 0.1) is 5.82 Å². The first-order chi connectivity index (χ1) is 8.61. The highest BCUT2D eigenvalue weighted by molar-refractivity contribution is 6.06. The molecule has 0 saturated carbocycles. The molecule has 0 aliphatic rings. The number of H-pyrrole nitrogens is 1. The predicted octanol–water partition coefficient (Wildman–Crippen LogP) is 1.95. The molecule has 1 aromatic heterocycles. The van der Waals surface area contributed by atoms with Gasteiger partial charge < -0.3 is 11.1 Å². The molecule has 0 spiro atoms. The Morgan fingerprint density at radius 2 is 2.33 bits per heavy atom. The normalized spacial score (nSPS) is 10.3. The lowest BCUT2D eigenvalue weighted by Gasteiger charge is -2.03. The van der Waals surface area contributed by atoms with E-state index in [2.05, 4.69) is 15.5 Å². The molecule has 4 N–H and O–H groups in total. The van der Waals surface area contributed by atoms with Crippen molar-refractivity contribution in [3.8, 4) is 0 Å². The highest BCUT2D eigenvalue weighted by atomic mass is 19.1. The van der Waals surface area contributed by atoms with Gasteiger partial charge in [0.1, 0.15) is 5.82 Å². The molecular weight excluding hydrogens is 235 g/mol. The highest BCUT2D eigenvalue weighted by Gasteiger charge is 2.16. The number of nitrogens with one attached hydrogen (secondary N) is 2. The second-order valence-corrected chi connectivity index (χ2v) is 3.78. The van der Waals surface area contributed by atoms with E-state index in [1.54, 1.807) is 6.07 Å². The minimum absolute atomic E-state index is 0.121. The molecule has 1 heterocycles. The van der Waals surface area contributed by atoms with Crippen molar-refractivity contribution >= 4 is 17.3 Å². The zero-order valence-corrected chi connectivity index (χ0v) is 9.83. The Bertz CT molecular complexity index is 579. The Morgan fingerprint density at radius 1 is 1.56 bits per heavy atom. The molecule has 0 aliphatic heterocycles. The number of halogens is 1. The van der Waals surface area contributed by atoms with Crippen LogP contribution in [-0.2, 0) is 6.42 Å². The number of aromatic amines is 1. The summed E-state index contributed by atoms with van der Waals surface area (Å²) in [5.41, 5.74) is 7.29. The van der Waals surface area contributed by atoms with E-state index in [9.17, 15) is 9.18 Å². The first-order valence-corrected chi connectivity index (χ1v) is 5.51.